The molecule has 8 nitrogen and oxygen atoms in total. The average Bonchev–Trinajstić information content (AvgIpc) is 3.22. The molecule has 0 aliphatic rings. The minimum absolute atomic E-state index is 0.0899. The summed E-state index contributed by atoms with van der Waals surface area (Å²) in [5, 5.41) is 4.15. The van der Waals surface area contributed by atoms with Crippen molar-refractivity contribution < 1.29 is 17.9 Å². The van der Waals surface area contributed by atoms with E-state index in [9.17, 15) is 13.2 Å². The Kier molecular flexibility index (Phi) is 8.98. The maximum absolute atomic E-state index is 13.6. The maximum atomic E-state index is 13.6. The Hall–Kier alpha value is -4.37. The topological polar surface area (TPSA) is 93.0 Å². The molecule has 1 heterocycles. The zero-order valence-electron chi connectivity index (χ0n) is 24.3. The Balaban J connectivity index is 1.56. The number of benzene rings is 3. The number of carbonyl (C=O) groups is 1. The van der Waals surface area contributed by atoms with E-state index in [-0.39, 0.29) is 4.90 Å². The molecule has 0 atom stereocenters. The van der Waals surface area contributed by atoms with Gasteiger partial charge < -0.3 is 9.30 Å². The van der Waals surface area contributed by atoms with Gasteiger partial charge in [-0.2, -0.15) is 5.10 Å². The molecule has 0 saturated heterocycles. The fourth-order valence-corrected chi connectivity index (χ4v) is 5.97. The van der Waals surface area contributed by atoms with Crippen LogP contribution < -0.4 is 14.5 Å². The van der Waals surface area contributed by atoms with Crippen LogP contribution in [0.15, 0.2) is 82.8 Å². The predicted octanol–water partition coefficient (Wildman–Crippen LogP) is 5.76. The molecule has 0 aliphatic heterocycles. The van der Waals surface area contributed by atoms with Crippen LogP contribution in [0.3, 0.4) is 0 Å². The second-order valence-corrected chi connectivity index (χ2v) is 11.8. The number of aryl methyl sites for hydroxylation is 4. The third-order valence-electron chi connectivity index (χ3n) is 6.94. The van der Waals surface area contributed by atoms with Crippen LogP contribution in [0.25, 0.3) is 5.69 Å². The van der Waals surface area contributed by atoms with Gasteiger partial charge in [0.25, 0.3) is 15.9 Å². The summed E-state index contributed by atoms with van der Waals surface area (Å²) < 4.78 is 35.9. The summed E-state index contributed by atoms with van der Waals surface area (Å²) in [6, 6.07) is 21.4. The zero-order valence-corrected chi connectivity index (χ0v) is 25.1. The van der Waals surface area contributed by atoms with E-state index < -0.39 is 22.5 Å². The zero-order chi connectivity index (χ0) is 29.7. The number of nitrogens with one attached hydrogen (secondary N) is 1. The lowest BCUT2D eigenvalue weighted by Crippen LogP contribution is -2.39. The predicted molar refractivity (Wildman–Crippen MR) is 164 cm³/mol. The summed E-state index contributed by atoms with van der Waals surface area (Å²) >= 11 is 0. The normalized spacial score (nSPS) is 11.6. The quantitative estimate of drug-likeness (QED) is 0.193. The lowest BCUT2D eigenvalue weighted by atomic mass is 10.1. The molecule has 9 heteroatoms. The molecule has 4 aromatic rings. The van der Waals surface area contributed by atoms with E-state index in [4.69, 9.17) is 4.74 Å². The van der Waals surface area contributed by atoms with Crippen LogP contribution in [-0.4, -0.2) is 38.3 Å². The van der Waals surface area contributed by atoms with Gasteiger partial charge in [-0.15, -0.1) is 0 Å². The van der Waals surface area contributed by atoms with Crippen molar-refractivity contribution in [2.45, 2.75) is 46.4 Å². The molecule has 0 spiro atoms. The molecular formula is C32H36N4O4S. The third-order valence-corrected chi connectivity index (χ3v) is 8.73. The van der Waals surface area contributed by atoms with Gasteiger partial charge in [-0.3, -0.25) is 9.10 Å². The standard InChI is InChI=1S/C32H36N4O4S/c1-7-40-30-14-12-28(13-15-30)35(41(38,39)31-16-8-22(2)9-17-31)21-32(37)34-33-20-27-19-25(5)36(26(27)6)29-11-10-23(3)24(4)18-29/h8-20H,7,21H2,1-6H3,(H,34,37)/b33-20-. The number of amides is 1. The molecule has 41 heavy (non-hydrogen) atoms. The highest BCUT2D eigenvalue weighted by molar-refractivity contribution is 7.92. The van der Waals surface area contributed by atoms with E-state index in [1.807, 2.05) is 33.8 Å². The van der Waals surface area contributed by atoms with E-state index >= 15 is 0 Å². The lowest BCUT2D eigenvalue weighted by molar-refractivity contribution is -0.119. The van der Waals surface area contributed by atoms with Crippen molar-refractivity contribution >= 4 is 27.8 Å². The monoisotopic (exact) mass is 572 g/mol. The number of nitrogens with zero attached hydrogens (tertiary/aromatic N) is 3. The summed E-state index contributed by atoms with van der Waals surface area (Å²) in [6.45, 7) is 12.0. The Morgan fingerprint density at radius 1 is 0.927 bits per heavy atom. The Morgan fingerprint density at radius 2 is 1.61 bits per heavy atom. The summed E-state index contributed by atoms with van der Waals surface area (Å²) in [6.07, 6.45) is 1.58. The minimum Gasteiger partial charge on any atom is -0.494 e. The number of sulfonamides is 1. The van der Waals surface area contributed by atoms with E-state index in [1.165, 1.54) is 23.3 Å². The number of aromatic nitrogens is 1. The summed E-state index contributed by atoms with van der Waals surface area (Å²) in [5.41, 5.74) is 10.1. The van der Waals surface area contributed by atoms with Gasteiger partial charge in [0, 0.05) is 22.6 Å². The first-order valence-corrected chi connectivity index (χ1v) is 14.9. The first-order valence-electron chi connectivity index (χ1n) is 13.4. The SMILES string of the molecule is CCOc1ccc(N(CC(=O)N/N=C\c2cc(C)n(-c3ccc(C)c(C)c3)c2C)S(=O)(=O)c2ccc(C)cc2)cc1. The molecule has 0 fully saturated rings. The second-order valence-electron chi connectivity index (χ2n) is 9.98. The largest absolute Gasteiger partial charge is 0.494 e. The molecule has 1 N–H and O–H groups in total. The number of ether oxygens (including phenoxy) is 1. The molecule has 0 saturated carbocycles. The Labute approximate surface area is 242 Å². The summed E-state index contributed by atoms with van der Waals surface area (Å²) in [5.74, 6) is 0.0326. The Bertz CT molecular complexity index is 1670. The van der Waals surface area contributed by atoms with Gasteiger partial charge in [-0.05, 0) is 107 Å². The molecule has 0 radical (unpaired) electrons. The molecule has 0 aliphatic carbocycles. The highest BCUT2D eigenvalue weighted by atomic mass is 32.2. The van der Waals surface area contributed by atoms with Crippen molar-refractivity contribution in [3.05, 3.63) is 106 Å². The molecule has 0 bridgehead atoms. The van der Waals surface area contributed by atoms with E-state index in [0.717, 1.165) is 32.5 Å². The fourth-order valence-electron chi connectivity index (χ4n) is 4.55. The smallest absolute Gasteiger partial charge is 0.264 e. The molecule has 214 valence electrons. The molecule has 4 rings (SSSR count). The number of anilines is 1. The van der Waals surface area contributed by atoms with E-state index in [0.29, 0.717) is 18.0 Å². The molecule has 0 unspecified atom stereocenters. The van der Waals surface area contributed by atoms with Crippen molar-refractivity contribution in [2.75, 3.05) is 17.5 Å². The number of hydrogen-bond acceptors (Lipinski definition) is 5. The van der Waals surface area contributed by atoms with Crippen LogP contribution >= 0.6 is 0 Å². The number of carbonyl (C=O) groups excluding carboxylic acids is 1. The number of hydrazone groups is 1. The second kappa shape index (κ2) is 12.4. The van der Waals surface area contributed by atoms with Crippen LogP contribution in [0, 0.1) is 34.6 Å². The van der Waals surface area contributed by atoms with Crippen molar-refractivity contribution in [3.8, 4) is 11.4 Å². The van der Waals surface area contributed by atoms with Gasteiger partial charge in [-0.25, -0.2) is 13.8 Å². The van der Waals surface area contributed by atoms with Crippen LogP contribution in [0.1, 0.15) is 40.6 Å². The van der Waals surface area contributed by atoms with Crippen molar-refractivity contribution in [1.29, 1.82) is 0 Å². The first-order chi connectivity index (χ1) is 19.5. The molecule has 1 amide bonds. The van der Waals surface area contributed by atoms with Crippen LogP contribution in [0.4, 0.5) is 5.69 Å². The van der Waals surface area contributed by atoms with Crippen LogP contribution in [-0.2, 0) is 14.8 Å². The highest BCUT2D eigenvalue weighted by Crippen LogP contribution is 2.26. The fraction of sp³-hybridized carbons (Fsp3) is 0.250. The number of hydrogen-bond donors (Lipinski definition) is 1. The molecular weight excluding hydrogens is 536 g/mol. The van der Waals surface area contributed by atoms with Crippen LogP contribution in [0.5, 0.6) is 5.75 Å². The average molecular weight is 573 g/mol. The minimum atomic E-state index is -4.04. The molecule has 3 aromatic carbocycles. The van der Waals surface area contributed by atoms with Crippen molar-refractivity contribution in [3.63, 3.8) is 0 Å². The van der Waals surface area contributed by atoms with Gasteiger partial charge in [0.15, 0.2) is 0 Å². The van der Waals surface area contributed by atoms with Gasteiger partial charge in [0.05, 0.1) is 23.4 Å². The molecule has 1 aromatic heterocycles. The first kappa shape index (κ1) is 29.6. The highest BCUT2D eigenvalue weighted by Gasteiger charge is 2.27. The van der Waals surface area contributed by atoms with Gasteiger partial charge in [0.1, 0.15) is 12.3 Å². The van der Waals surface area contributed by atoms with Crippen molar-refractivity contribution in [2.24, 2.45) is 5.10 Å². The maximum Gasteiger partial charge on any atom is 0.264 e. The van der Waals surface area contributed by atoms with Crippen LogP contribution in [0.2, 0.25) is 0 Å². The Morgan fingerprint density at radius 3 is 2.24 bits per heavy atom. The third kappa shape index (κ3) is 6.69. The number of rotatable bonds is 10. The van der Waals surface area contributed by atoms with Crippen molar-refractivity contribution in [1.82, 2.24) is 9.99 Å². The van der Waals surface area contributed by atoms with Gasteiger partial charge >= 0.3 is 0 Å². The van der Waals surface area contributed by atoms with Gasteiger partial charge in [0.2, 0.25) is 0 Å². The summed E-state index contributed by atoms with van der Waals surface area (Å²) in [4.78, 5) is 13.1. The van der Waals surface area contributed by atoms with E-state index in [1.54, 1.807) is 42.6 Å². The van der Waals surface area contributed by atoms with E-state index in [2.05, 4.69) is 47.1 Å². The lowest BCUT2D eigenvalue weighted by Gasteiger charge is -2.24. The summed E-state index contributed by atoms with van der Waals surface area (Å²) in [7, 11) is -4.04. The van der Waals surface area contributed by atoms with Gasteiger partial charge in [-0.1, -0.05) is 23.8 Å².